The van der Waals surface area contributed by atoms with Crippen LogP contribution in [0.4, 0.5) is 0 Å². The number of aryl methyl sites for hydroxylation is 2. The van der Waals surface area contributed by atoms with E-state index in [0.29, 0.717) is 0 Å². The molecule has 0 amide bonds. The molecule has 0 fully saturated rings. The van der Waals surface area contributed by atoms with Gasteiger partial charge < -0.3 is 70.9 Å². The van der Waals surface area contributed by atoms with E-state index in [4.69, 9.17) is 68.6 Å². The van der Waals surface area contributed by atoms with Gasteiger partial charge >= 0.3 is 61.9 Å². The van der Waals surface area contributed by atoms with Crippen LogP contribution in [0.3, 0.4) is 0 Å². The van der Waals surface area contributed by atoms with Gasteiger partial charge in [0.25, 0.3) is 0 Å². The molecule has 0 atom stereocenters. The Balaban J connectivity index is 0.00000105. The molecule has 0 aromatic carbocycles. The molecule has 0 aliphatic rings. The summed E-state index contributed by atoms with van der Waals surface area (Å²) in [6.45, 7) is 3.46. The third-order valence-electron chi connectivity index (χ3n) is 11.1. The molecule has 10 aromatic rings. The summed E-state index contributed by atoms with van der Waals surface area (Å²) in [6, 6.07) is 29.0. The van der Waals surface area contributed by atoms with Gasteiger partial charge in [0.1, 0.15) is 46.0 Å². The van der Waals surface area contributed by atoms with Crippen molar-refractivity contribution in [1.29, 1.82) is 0 Å². The zero-order valence-electron chi connectivity index (χ0n) is 50.1. The topological polar surface area (TPSA) is 265 Å². The van der Waals surface area contributed by atoms with Gasteiger partial charge in [0, 0.05) is 144 Å². The van der Waals surface area contributed by atoms with Gasteiger partial charge in [-0.3, -0.25) is 39.9 Å². The molecule has 0 bridgehead atoms. The SMILES string of the molecule is C.COc1ccnc(-c2cc(OC)ccn2)c1.COc1ccnc(-c2cc(OC)ccn2)c1.COc1ccnc(-c2cc(OC)ccn2)c1.COc1ccnc(-c2cc(OC)ccn2)c1.NCCCn1ccnc1.NCCCn1ccnc1.[B].[Cl-].[Cl][Os].[Cl][Os][Cl]. The summed E-state index contributed by atoms with van der Waals surface area (Å²) in [5.41, 5.74) is 16.7. The van der Waals surface area contributed by atoms with E-state index in [2.05, 4.69) is 59.5 Å². The van der Waals surface area contributed by atoms with Crippen LogP contribution in [0.25, 0.3) is 45.6 Å². The number of pyridine rings is 8. The second-order valence-electron chi connectivity index (χ2n) is 16.6. The van der Waals surface area contributed by atoms with Crippen molar-refractivity contribution in [1.82, 2.24) is 59.0 Å². The maximum absolute atomic E-state index is 5.31. The first-order valence-electron chi connectivity index (χ1n) is 25.9. The number of rotatable bonds is 18. The average molecular weight is 1660 g/mol. The molecule has 0 unspecified atom stereocenters. The number of hydrogen-bond donors (Lipinski definition) is 2. The predicted octanol–water partition coefficient (Wildman–Crippen LogP) is 8.43. The van der Waals surface area contributed by atoms with E-state index >= 15 is 0 Å². The van der Waals surface area contributed by atoms with Crippen molar-refractivity contribution in [3.63, 3.8) is 0 Å². The fraction of sp³-hybridized carbons (Fsp3) is 0.246. The van der Waals surface area contributed by atoms with Crippen molar-refractivity contribution in [3.8, 4) is 91.5 Å². The van der Waals surface area contributed by atoms with Gasteiger partial charge in [0.2, 0.25) is 0 Å². The van der Waals surface area contributed by atoms with E-state index in [1.165, 1.54) is 17.6 Å². The first kappa shape index (κ1) is 82.4. The molecule has 0 saturated heterocycles. The Bertz CT molecular complexity index is 2820. The van der Waals surface area contributed by atoms with Gasteiger partial charge in [-0.2, -0.15) is 0 Å². The predicted molar refractivity (Wildman–Crippen MR) is 344 cm³/mol. The van der Waals surface area contributed by atoms with Gasteiger partial charge in [-0.05, 0) is 74.5 Å². The molecule has 0 spiro atoms. The quantitative estimate of drug-likeness (QED) is 0.0763. The third-order valence-corrected chi connectivity index (χ3v) is 11.1. The Labute approximate surface area is 565 Å². The molecule has 10 heterocycles. The number of nitrogens with two attached hydrogens (primary N) is 2. The zero-order valence-corrected chi connectivity index (χ0v) is 58.3. The summed E-state index contributed by atoms with van der Waals surface area (Å²) in [4.78, 5) is 41.7. The molecular formula is C61H74BCl4N14O8Os2-. The number of ether oxygens (including phenoxy) is 8. The minimum atomic E-state index is -0.639. The van der Waals surface area contributed by atoms with Crippen LogP contribution >= 0.6 is 28.9 Å². The van der Waals surface area contributed by atoms with Crippen molar-refractivity contribution in [2.75, 3.05) is 70.0 Å². The monoisotopic (exact) mass is 1670 g/mol. The van der Waals surface area contributed by atoms with Crippen LogP contribution in [0.2, 0.25) is 0 Å². The molecule has 10 aromatic heterocycles. The van der Waals surface area contributed by atoms with Gasteiger partial charge in [0.05, 0.1) is 115 Å². The van der Waals surface area contributed by atoms with Crippen molar-refractivity contribution >= 4 is 37.3 Å². The van der Waals surface area contributed by atoms with Crippen molar-refractivity contribution in [2.45, 2.75) is 33.4 Å². The van der Waals surface area contributed by atoms with Crippen LogP contribution in [0.15, 0.2) is 184 Å². The molecule has 29 heteroatoms. The van der Waals surface area contributed by atoms with Crippen LogP contribution in [0.5, 0.6) is 46.0 Å². The van der Waals surface area contributed by atoms with E-state index < -0.39 is 15.4 Å². The fourth-order valence-electron chi connectivity index (χ4n) is 6.81. The fourth-order valence-corrected chi connectivity index (χ4v) is 6.81. The van der Waals surface area contributed by atoms with E-state index in [-0.39, 0.29) is 28.2 Å². The second kappa shape index (κ2) is 51.2. The van der Waals surface area contributed by atoms with Crippen LogP contribution in [-0.4, -0.2) is 137 Å². The standard InChI is InChI=1S/4C12H12N2O2.2C6H11N3.CH4.B.4ClH.2Os/c4*1-15-9-3-5-13-11(7-9)12-8-10(16-2)4-6-14-12;2*7-2-1-4-9-5-3-8-6-9;;;;;;;;/h4*3-8H,1-2H3;2*3,5-6H,1-2,4,7H2;1H4;;4*1H;;/q;;;;;;;;;;;;+1;+2/p-4. The molecule has 90 heavy (non-hydrogen) atoms. The Morgan fingerprint density at radius 2 is 0.533 bits per heavy atom. The summed E-state index contributed by atoms with van der Waals surface area (Å²) in [5.74, 6) is 6.07. The molecule has 10 rings (SSSR count). The van der Waals surface area contributed by atoms with Gasteiger partial charge in [-0.15, -0.1) is 0 Å². The molecule has 484 valence electrons. The summed E-state index contributed by atoms with van der Waals surface area (Å²) >= 11 is 0.694. The minimum absolute atomic E-state index is 0. The Morgan fingerprint density at radius 1 is 0.367 bits per heavy atom. The molecule has 4 N–H and O–H groups in total. The molecule has 22 nitrogen and oxygen atoms in total. The van der Waals surface area contributed by atoms with Gasteiger partial charge in [0.15, 0.2) is 0 Å². The maximum atomic E-state index is 5.31. The molecule has 0 aliphatic heterocycles. The molecule has 3 radical (unpaired) electrons. The van der Waals surface area contributed by atoms with E-state index in [0.717, 1.165) is 131 Å². The Hall–Kier alpha value is -7.56. The summed E-state index contributed by atoms with van der Waals surface area (Å²) in [6.07, 6.45) is 26.6. The Kier molecular flexibility index (Phi) is 46.9. The van der Waals surface area contributed by atoms with E-state index in [1.807, 2.05) is 70.1 Å². The van der Waals surface area contributed by atoms with Crippen LogP contribution in [-0.2, 0) is 46.1 Å². The summed E-state index contributed by atoms with van der Waals surface area (Å²) in [5, 5.41) is 0. The normalized spacial score (nSPS) is 9.31. The van der Waals surface area contributed by atoms with Gasteiger partial charge in [-0.25, -0.2) is 9.97 Å². The first-order valence-corrected chi connectivity index (χ1v) is 35.4. The molecule has 0 aliphatic carbocycles. The number of aromatic nitrogens is 12. The number of methoxy groups -OCH3 is 8. The van der Waals surface area contributed by atoms with Crippen molar-refractivity contribution in [2.24, 2.45) is 11.5 Å². The summed E-state index contributed by atoms with van der Waals surface area (Å²) in [7, 11) is 27.5. The van der Waals surface area contributed by atoms with Crippen LogP contribution in [0.1, 0.15) is 20.3 Å². The van der Waals surface area contributed by atoms with Gasteiger partial charge in [-0.1, -0.05) is 7.43 Å². The summed E-state index contributed by atoms with van der Waals surface area (Å²) < 4.78 is 45.1. The number of nitrogens with zero attached hydrogens (tertiary/aromatic N) is 12. The first-order chi connectivity index (χ1) is 42.6. The zero-order chi connectivity index (χ0) is 63.3. The van der Waals surface area contributed by atoms with Crippen LogP contribution < -0.4 is 61.8 Å². The van der Waals surface area contributed by atoms with Crippen molar-refractivity contribution < 1.29 is 83.3 Å². The molecule has 0 saturated carbocycles. The average Bonchev–Trinajstić information content (AvgIpc) is 1.86. The number of hydrogen-bond acceptors (Lipinski definition) is 20. The van der Waals surface area contributed by atoms with E-state index in [9.17, 15) is 0 Å². The van der Waals surface area contributed by atoms with Crippen LogP contribution in [0, 0.1) is 0 Å². The second-order valence-corrected chi connectivity index (χ2v) is 20.3. The molecular weight excluding hydrogens is 1590 g/mol. The number of imidazole rings is 2. The van der Waals surface area contributed by atoms with E-state index in [1.54, 1.807) is 180 Å². The third kappa shape index (κ3) is 31.8. The number of halogens is 4. The van der Waals surface area contributed by atoms with Crippen molar-refractivity contribution in [3.05, 3.63) is 184 Å². The Morgan fingerprint density at radius 3 is 0.656 bits per heavy atom.